The van der Waals surface area contributed by atoms with E-state index < -0.39 is 15.1 Å². The van der Waals surface area contributed by atoms with Crippen molar-refractivity contribution in [1.82, 2.24) is 0 Å². The minimum Gasteiger partial charge on any atom is -0.382 e. The fourth-order valence-electron chi connectivity index (χ4n) is 2.29. The lowest BCUT2D eigenvalue weighted by molar-refractivity contribution is 0.364. The van der Waals surface area contributed by atoms with Gasteiger partial charge in [0.25, 0.3) is 0 Å². The monoisotopic (exact) mass is 301 g/mol. The second-order valence-corrected chi connectivity index (χ2v) is 7.38. The highest BCUT2D eigenvalue weighted by molar-refractivity contribution is 8.45. The molecule has 1 aliphatic rings. The van der Waals surface area contributed by atoms with Crippen molar-refractivity contribution in [1.29, 1.82) is 0 Å². The summed E-state index contributed by atoms with van der Waals surface area (Å²) in [5, 5.41) is 3.09. The summed E-state index contributed by atoms with van der Waals surface area (Å²) in [4.78, 5) is -1.84. The van der Waals surface area contributed by atoms with Crippen molar-refractivity contribution in [2.45, 2.75) is 43.0 Å². The minimum absolute atomic E-state index is 0.222. The Morgan fingerprint density at radius 3 is 1.84 bits per heavy atom. The molecule has 0 saturated heterocycles. The maximum atomic E-state index is 12.5. The first-order valence-corrected chi connectivity index (χ1v) is 8.10. The van der Waals surface area contributed by atoms with Gasteiger partial charge in [0, 0.05) is 11.7 Å². The maximum Gasteiger partial charge on any atom is 0.310 e. The number of benzene rings is 1. The van der Waals surface area contributed by atoms with Gasteiger partial charge < -0.3 is 5.32 Å². The first-order valence-electron chi connectivity index (χ1n) is 6.15. The van der Waals surface area contributed by atoms with E-state index >= 15 is 0 Å². The summed E-state index contributed by atoms with van der Waals surface area (Å²) < 4.78 is 62.6. The van der Waals surface area contributed by atoms with Crippen LogP contribution in [0, 0.1) is 0 Å². The molecule has 0 heterocycles. The second kappa shape index (κ2) is 4.01. The van der Waals surface area contributed by atoms with E-state index in [2.05, 4.69) is 5.32 Å². The average molecular weight is 301 g/mol. The van der Waals surface area contributed by atoms with E-state index in [9.17, 15) is 19.4 Å². The van der Waals surface area contributed by atoms with Crippen LogP contribution in [-0.2, 0) is 0 Å². The summed E-state index contributed by atoms with van der Waals surface area (Å²) in [7, 11) is -9.54. The summed E-state index contributed by atoms with van der Waals surface area (Å²) >= 11 is 0. The molecule has 2 rings (SSSR count). The standard InChI is InChI=1S/C12H16F5NS/c13-19(14,15,16,17)12-8-6-11(7-9-12)18-10-4-2-1-3-5-10/h6-10,18H,1-5H2. The molecule has 0 radical (unpaired) electrons. The second-order valence-electron chi connectivity index (χ2n) is 4.97. The number of nitrogens with one attached hydrogen (secondary N) is 1. The summed E-state index contributed by atoms with van der Waals surface area (Å²) in [6, 6.07) is 3.27. The fourth-order valence-corrected chi connectivity index (χ4v) is 2.94. The third-order valence-electron chi connectivity index (χ3n) is 3.28. The number of hydrogen-bond donors (Lipinski definition) is 1. The van der Waals surface area contributed by atoms with Crippen molar-refractivity contribution in [2.75, 3.05) is 5.32 Å². The largest absolute Gasteiger partial charge is 0.382 e. The highest BCUT2D eigenvalue weighted by Crippen LogP contribution is 3.02. The van der Waals surface area contributed by atoms with Gasteiger partial charge in [-0.1, -0.05) is 38.7 Å². The molecule has 1 aliphatic carbocycles. The van der Waals surface area contributed by atoms with Crippen molar-refractivity contribution < 1.29 is 19.4 Å². The van der Waals surface area contributed by atoms with E-state index in [4.69, 9.17) is 0 Å². The molecule has 0 spiro atoms. The van der Waals surface area contributed by atoms with Gasteiger partial charge in [0.1, 0.15) is 4.90 Å². The Kier molecular flexibility index (Phi) is 3.04. The normalized spacial score (nSPS) is 21.5. The Hall–Kier alpha value is -0.980. The molecule has 0 amide bonds. The van der Waals surface area contributed by atoms with E-state index in [1.807, 2.05) is 0 Å². The van der Waals surface area contributed by atoms with Gasteiger partial charge in [0.2, 0.25) is 0 Å². The minimum atomic E-state index is -9.54. The van der Waals surface area contributed by atoms with Gasteiger partial charge in [0.05, 0.1) is 0 Å². The zero-order valence-corrected chi connectivity index (χ0v) is 11.0. The van der Waals surface area contributed by atoms with E-state index in [0.29, 0.717) is 17.8 Å². The molecule has 1 N–H and O–H groups in total. The van der Waals surface area contributed by atoms with Crippen LogP contribution in [0.25, 0.3) is 0 Å². The van der Waals surface area contributed by atoms with Crippen LogP contribution in [0.4, 0.5) is 25.1 Å². The van der Waals surface area contributed by atoms with Crippen LogP contribution in [0.15, 0.2) is 29.2 Å². The molecule has 1 nitrogen and oxygen atoms in total. The fraction of sp³-hybridized carbons (Fsp3) is 0.500. The molecule has 0 aliphatic heterocycles. The smallest absolute Gasteiger partial charge is 0.310 e. The number of hydrogen-bond acceptors (Lipinski definition) is 1. The average Bonchev–Trinajstić information content (AvgIpc) is 2.28. The molecule has 7 heteroatoms. The van der Waals surface area contributed by atoms with Crippen molar-refractivity contribution in [3.63, 3.8) is 0 Å². The number of anilines is 1. The molecule has 1 saturated carbocycles. The van der Waals surface area contributed by atoms with Crippen molar-refractivity contribution in [2.24, 2.45) is 0 Å². The van der Waals surface area contributed by atoms with Crippen molar-refractivity contribution >= 4 is 15.9 Å². The van der Waals surface area contributed by atoms with Crippen LogP contribution in [0.3, 0.4) is 0 Å². The Morgan fingerprint density at radius 2 is 1.37 bits per heavy atom. The molecule has 1 aromatic carbocycles. The highest BCUT2D eigenvalue weighted by atomic mass is 32.5. The zero-order valence-electron chi connectivity index (χ0n) is 10.2. The van der Waals surface area contributed by atoms with E-state index in [1.165, 1.54) is 6.42 Å². The third-order valence-corrected chi connectivity index (χ3v) is 4.44. The summed E-state index contributed by atoms with van der Waals surface area (Å²) in [6.07, 6.45) is 5.26. The van der Waals surface area contributed by atoms with Crippen LogP contribution >= 0.6 is 10.2 Å². The van der Waals surface area contributed by atoms with Gasteiger partial charge in [-0.25, -0.2) is 0 Å². The van der Waals surface area contributed by atoms with Gasteiger partial charge in [-0.3, -0.25) is 0 Å². The van der Waals surface area contributed by atoms with Crippen LogP contribution in [0.5, 0.6) is 0 Å². The van der Waals surface area contributed by atoms with Crippen molar-refractivity contribution in [3.8, 4) is 0 Å². The predicted molar refractivity (Wildman–Crippen MR) is 68.3 cm³/mol. The van der Waals surface area contributed by atoms with Crippen LogP contribution < -0.4 is 5.32 Å². The lowest BCUT2D eigenvalue weighted by Crippen LogP contribution is -2.22. The lowest BCUT2D eigenvalue weighted by atomic mass is 9.95. The Bertz CT molecular complexity index is 447. The summed E-state index contributed by atoms with van der Waals surface area (Å²) in [5.74, 6) is 0. The number of rotatable bonds is 3. The zero-order chi connectivity index (χ0) is 14.2. The van der Waals surface area contributed by atoms with Crippen LogP contribution in [0.2, 0.25) is 0 Å². The van der Waals surface area contributed by atoms with Crippen molar-refractivity contribution in [3.05, 3.63) is 24.3 Å². The SMILES string of the molecule is FS(F)(F)(F)(F)c1ccc(NC2CCCCC2)cc1. The highest BCUT2D eigenvalue weighted by Gasteiger charge is 2.65. The molecule has 1 aromatic rings. The molecule has 0 bridgehead atoms. The summed E-state index contributed by atoms with van der Waals surface area (Å²) in [6.45, 7) is 0. The van der Waals surface area contributed by atoms with Gasteiger partial charge >= 0.3 is 10.2 Å². The first kappa shape index (κ1) is 14.4. The van der Waals surface area contributed by atoms with E-state index in [0.717, 1.165) is 37.8 Å². The molecule has 110 valence electrons. The lowest BCUT2D eigenvalue weighted by Gasteiger charge is -2.40. The van der Waals surface area contributed by atoms with Gasteiger partial charge in [-0.2, -0.15) is 0 Å². The van der Waals surface area contributed by atoms with Crippen LogP contribution in [-0.4, -0.2) is 6.04 Å². The Morgan fingerprint density at radius 1 is 0.842 bits per heavy atom. The molecular weight excluding hydrogens is 285 g/mol. The number of halogens is 5. The van der Waals surface area contributed by atoms with E-state index in [1.54, 1.807) is 0 Å². The Balaban J connectivity index is 2.11. The molecular formula is C12H16F5NS. The third kappa shape index (κ3) is 3.99. The predicted octanol–water partition coefficient (Wildman–Crippen LogP) is 6.09. The van der Waals surface area contributed by atoms with Gasteiger partial charge in [-0.15, -0.1) is 0 Å². The molecule has 19 heavy (non-hydrogen) atoms. The molecule has 0 atom stereocenters. The topological polar surface area (TPSA) is 12.0 Å². The molecule has 0 aromatic heterocycles. The maximum absolute atomic E-state index is 12.5. The van der Waals surface area contributed by atoms with Gasteiger partial charge in [-0.05, 0) is 37.1 Å². The molecule has 0 unspecified atom stereocenters. The quantitative estimate of drug-likeness (QED) is 0.666. The Labute approximate surface area is 108 Å². The summed E-state index contributed by atoms with van der Waals surface area (Å²) in [5.41, 5.74) is 0.456. The van der Waals surface area contributed by atoms with Crippen LogP contribution in [0.1, 0.15) is 32.1 Å². The molecule has 1 fully saturated rings. The van der Waals surface area contributed by atoms with E-state index in [-0.39, 0.29) is 6.04 Å². The van der Waals surface area contributed by atoms with Gasteiger partial charge in [0.15, 0.2) is 0 Å². The first-order chi connectivity index (χ1) is 8.54.